The molecule has 4 aromatic carbocycles. The van der Waals surface area contributed by atoms with Crippen molar-refractivity contribution in [3.8, 4) is 23.0 Å². The van der Waals surface area contributed by atoms with Gasteiger partial charge < -0.3 is 9.47 Å². The van der Waals surface area contributed by atoms with E-state index in [0.29, 0.717) is 32.7 Å². The molecule has 0 spiro atoms. The van der Waals surface area contributed by atoms with Crippen molar-refractivity contribution >= 4 is 52.5 Å². The molecule has 3 nitrogen and oxygen atoms in total. The summed E-state index contributed by atoms with van der Waals surface area (Å²) in [5.41, 5.74) is 1.15. The van der Waals surface area contributed by atoms with Crippen molar-refractivity contribution in [1.29, 1.82) is 0 Å². The molecule has 0 unspecified atom stereocenters. The lowest BCUT2D eigenvalue weighted by atomic mass is 10.0. The van der Waals surface area contributed by atoms with Crippen molar-refractivity contribution in [3.05, 3.63) is 94.0 Å². The Morgan fingerprint density at radius 2 is 1.09 bits per heavy atom. The van der Waals surface area contributed by atoms with Gasteiger partial charge in [0.15, 0.2) is 5.78 Å². The lowest BCUT2D eigenvalue weighted by Crippen LogP contribution is -2.09. The van der Waals surface area contributed by atoms with E-state index in [2.05, 4.69) is 0 Å². The second-order valence-corrected chi connectivity index (χ2v) is 10.2. The Bertz CT molecular complexity index is 1330. The Labute approximate surface area is 202 Å². The molecule has 0 saturated carbocycles. The standard InChI is InChI=1S/C25H12Cl2O3S2/c26-13-7-9-17-21(11-13)31-24-15(3-1-5-19(24)29-17)23(28)16-4-2-6-20-25(16)32-22-12-14(27)8-10-18(22)30-20/h1-12H. The maximum absolute atomic E-state index is 13.8. The monoisotopic (exact) mass is 494 g/mol. The van der Waals surface area contributed by atoms with Crippen molar-refractivity contribution in [2.45, 2.75) is 19.6 Å². The molecular weight excluding hydrogens is 483 g/mol. The molecule has 156 valence electrons. The summed E-state index contributed by atoms with van der Waals surface area (Å²) in [5, 5.41) is 1.24. The van der Waals surface area contributed by atoms with E-state index in [9.17, 15) is 4.79 Å². The number of carbonyl (C=O) groups is 1. The number of rotatable bonds is 2. The normalized spacial score (nSPS) is 13.1. The quantitative estimate of drug-likeness (QED) is 0.225. The molecule has 0 amide bonds. The zero-order chi connectivity index (χ0) is 21.8. The van der Waals surface area contributed by atoms with Crippen molar-refractivity contribution in [2.75, 3.05) is 0 Å². The van der Waals surface area contributed by atoms with E-state index >= 15 is 0 Å². The lowest BCUT2D eigenvalue weighted by Gasteiger charge is -2.23. The Morgan fingerprint density at radius 3 is 1.56 bits per heavy atom. The first kappa shape index (κ1) is 20.1. The van der Waals surface area contributed by atoms with Crippen molar-refractivity contribution < 1.29 is 14.3 Å². The predicted octanol–water partition coefficient (Wildman–Crippen LogP) is 8.74. The van der Waals surface area contributed by atoms with Gasteiger partial charge in [-0.2, -0.15) is 0 Å². The first-order valence-corrected chi connectivity index (χ1v) is 12.1. The molecule has 0 aliphatic carbocycles. The maximum atomic E-state index is 13.8. The molecule has 4 aromatic rings. The Morgan fingerprint density at radius 1 is 0.625 bits per heavy atom. The van der Waals surface area contributed by atoms with Crippen molar-refractivity contribution in [3.63, 3.8) is 0 Å². The molecule has 32 heavy (non-hydrogen) atoms. The summed E-state index contributed by atoms with van der Waals surface area (Å²) in [7, 11) is 0. The Kier molecular flexibility index (Phi) is 4.88. The van der Waals surface area contributed by atoms with Crippen LogP contribution in [0.1, 0.15) is 15.9 Å². The summed E-state index contributed by atoms with van der Waals surface area (Å²) in [5.74, 6) is 2.67. The minimum atomic E-state index is -0.0955. The molecule has 0 saturated heterocycles. The third-order valence-corrected chi connectivity index (χ3v) is 7.92. The van der Waals surface area contributed by atoms with Gasteiger partial charge in [0.1, 0.15) is 23.0 Å². The van der Waals surface area contributed by atoms with Crippen LogP contribution >= 0.6 is 46.7 Å². The summed E-state index contributed by atoms with van der Waals surface area (Å²) >= 11 is 15.3. The van der Waals surface area contributed by atoms with E-state index in [4.69, 9.17) is 32.7 Å². The van der Waals surface area contributed by atoms with E-state index in [1.54, 1.807) is 12.1 Å². The number of carbonyl (C=O) groups excluding carboxylic acids is 1. The number of halogens is 2. The SMILES string of the molecule is O=C(c1cccc2c1Sc1cc(Cl)ccc1O2)c1cccc2c1Sc1cc(Cl)ccc1O2. The minimum Gasteiger partial charge on any atom is -0.455 e. The summed E-state index contributed by atoms with van der Waals surface area (Å²) < 4.78 is 12.1. The number of fused-ring (bicyclic) bond motifs is 4. The molecule has 7 heteroatoms. The Balaban J connectivity index is 1.42. The van der Waals surface area contributed by atoms with Crippen LogP contribution in [0.5, 0.6) is 23.0 Å². The zero-order valence-corrected chi connectivity index (χ0v) is 19.4. The maximum Gasteiger partial charge on any atom is 0.195 e. The predicted molar refractivity (Wildman–Crippen MR) is 128 cm³/mol. The molecular formula is C25H12Cl2O3S2. The molecule has 0 fully saturated rings. The van der Waals surface area contributed by atoms with Gasteiger partial charge in [0.2, 0.25) is 0 Å². The third-order valence-electron chi connectivity index (χ3n) is 5.12. The van der Waals surface area contributed by atoms with E-state index in [0.717, 1.165) is 31.1 Å². The second kappa shape index (κ2) is 7.78. The molecule has 2 aliphatic heterocycles. The lowest BCUT2D eigenvalue weighted by molar-refractivity contribution is 0.103. The zero-order valence-electron chi connectivity index (χ0n) is 16.2. The Hall–Kier alpha value is -2.57. The van der Waals surface area contributed by atoms with Gasteiger partial charge in [-0.05, 0) is 60.7 Å². The molecule has 0 radical (unpaired) electrons. The summed E-state index contributed by atoms with van der Waals surface area (Å²) in [6.07, 6.45) is 0. The summed E-state index contributed by atoms with van der Waals surface area (Å²) in [4.78, 5) is 17.1. The van der Waals surface area contributed by atoms with E-state index in [-0.39, 0.29) is 5.78 Å². The highest BCUT2D eigenvalue weighted by atomic mass is 35.5. The van der Waals surface area contributed by atoms with Crippen LogP contribution in [0.3, 0.4) is 0 Å². The van der Waals surface area contributed by atoms with E-state index in [1.807, 2.05) is 60.7 Å². The first-order chi connectivity index (χ1) is 15.6. The average molecular weight is 495 g/mol. The van der Waals surface area contributed by atoms with Crippen molar-refractivity contribution in [2.24, 2.45) is 0 Å². The molecule has 2 heterocycles. The van der Waals surface area contributed by atoms with Crippen LogP contribution in [0.25, 0.3) is 0 Å². The second-order valence-electron chi connectivity index (χ2n) is 7.19. The third kappa shape index (κ3) is 3.37. The molecule has 0 aromatic heterocycles. The molecule has 0 N–H and O–H groups in total. The fraction of sp³-hybridized carbons (Fsp3) is 0. The number of ketones is 1. The van der Waals surface area contributed by atoms with Gasteiger partial charge in [-0.15, -0.1) is 0 Å². The van der Waals surface area contributed by atoms with Crippen LogP contribution in [-0.4, -0.2) is 5.78 Å². The van der Waals surface area contributed by atoms with E-state index < -0.39 is 0 Å². The fourth-order valence-corrected chi connectivity index (χ4v) is 6.32. The van der Waals surface area contributed by atoms with Crippen molar-refractivity contribution in [1.82, 2.24) is 0 Å². The van der Waals surface area contributed by atoms with Crippen LogP contribution in [0.4, 0.5) is 0 Å². The highest BCUT2D eigenvalue weighted by Gasteiger charge is 2.28. The van der Waals surface area contributed by atoms with Crippen LogP contribution in [0.2, 0.25) is 10.0 Å². The van der Waals surface area contributed by atoms with Gasteiger partial charge in [0.25, 0.3) is 0 Å². The van der Waals surface area contributed by atoms with Crippen LogP contribution < -0.4 is 9.47 Å². The summed E-state index contributed by atoms with van der Waals surface area (Å²) in [6.45, 7) is 0. The first-order valence-electron chi connectivity index (χ1n) is 9.68. The van der Waals surface area contributed by atoms with E-state index in [1.165, 1.54) is 23.5 Å². The van der Waals surface area contributed by atoms with Gasteiger partial charge in [-0.25, -0.2) is 0 Å². The number of hydrogen-bond donors (Lipinski definition) is 0. The highest BCUT2D eigenvalue weighted by molar-refractivity contribution is 8.00. The topological polar surface area (TPSA) is 35.5 Å². The number of ether oxygens (including phenoxy) is 2. The van der Waals surface area contributed by atoms with Gasteiger partial charge in [0.05, 0.1) is 19.6 Å². The van der Waals surface area contributed by atoms with Crippen LogP contribution in [-0.2, 0) is 0 Å². The van der Waals surface area contributed by atoms with Gasteiger partial charge in [0, 0.05) is 21.2 Å². The van der Waals surface area contributed by atoms with Gasteiger partial charge in [-0.1, -0.05) is 58.9 Å². The fourth-order valence-electron chi connectivity index (χ4n) is 3.65. The number of hydrogen-bond acceptors (Lipinski definition) is 5. The summed E-state index contributed by atoms with van der Waals surface area (Å²) in [6, 6.07) is 22.0. The molecule has 6 rings (SSSR count). The average Bonchev–Trinajstić information content (AvgIpc) is 2.80. The smallest absolute Gasteiger partial charge is 0.195 e. The van der Waals surface area contributed by atoms with Crippen LogP contribution in [0.15, 0.2) is 92.4 Å². The minimum absolute atomic E-state index is 0.0955. The highest BCUT2D eigenvalue weighted by Crippen LogP contribution is 2.52. The van der Waals surface area contributed by atoms with Gasteiger partial charge >= 0.3 is 0 Å². The molecule has 0 bridgehead atoms. The largest absolute Gasteiger partial charge is 0.455 e. The molecule has 0 atom stereocenters. The van der Waals surface area contributed by atoms with Gasteiger partial charge in [-0.3, -0.25) is 4.79 Å². The van der Waals surface area contributed by atoms with Crippen LogP contribution in [0, 0.1) is 0 Å². The number of benzene rings is 4. The molecule has 2 aliphatic rings.